The van der Waals surface area contributed by atoms with E-state index in [1.807, 2.05) is 6.20 Å². The third kappa shape index (κ3) is 3.32. The van der Waals surface area contributed by atoms with Crippen molar-refractivity contribution in [3.63, 3.8) is 0 Å². The van der Waals surface area contributed by atoms with Crippen molar-refractivity contribution in [1.29, 1.82) is 0 Å². The molecule has 1 heterocycles. The fourth-order valence-electron chi connectivity index (χ4n) is 4.20. The summed E-state index contributed by atoms with van der Waals surface area (Å²) < 4.78 is 0. The molecule has 0 amide bonds. The second-order valence-electron chi connectivity index (χ2n) is 7.27. The molecule has 2 atom stereocenters. The molecule has 0 bridgehead atoms. The molecule has 2 saturated carbocycles. The van der Waals surface area contributed by atoms with E-state index in [1.54, 1.807) is 0 Å². The van der Waals surface area contributed by atoms with Crippen LogP contribution in [0.4, 0.5) is 0 Å². The first-order valence-electron chi connectivity index (χ1n) is 9.24. The number of hydrogen-bond donors (Lipinski definition) is 1. The third-order valence-corrected chi connectivity index (χ3v) is 5.73. The van der Waals surface area contributed by atoms with Gasteiger partial charge in [0.05, 0.1) is 12.1 Å². The van der Waals surface area contributed by atoms with Crippen molar-refractivity contribution in [3.05, 3.63) is 36.2 Å². The second kappa shape index (κ2) is 7.04. The maximum atomic E-state index is 10.8. The van der Waals surface area contributed by atoms with Gasteiger partial charge < -0.3 is 10.0 Å². The van der Waals surface area contributed by atoms with Gasteiger partial charge in [0.2, 0.25) is 0 Å². The Balaban J connectivity index is 1.79. The molecular weight excluding hydrogens is 270 g/mol. The Bertz CT molecular complexity index is 454. The molecule has 0 aromatic heterocycles. The minimum absolute atomic E-state index is 0.185. The van der Waals surface area contributed by atoms with Crippen LogP contribution in [-0.2, 0) is 0 Å². The highest BCUT2D eigenvalue weighted by atomic mass is 16.3. The van der Waals surface area contributed by atoms with Gasteiger partial charge in [-0.05, 0) is 55.7 Å². The number of aliphatic hydroxyl groups excluding tert-OH is 1. The molecule has 2 fully saturated rings. The number of allylic oxidation sites excluding steroid dienone is 2. The highest BCUT2D eigenvalue weighted by molar-refractivity contribution is 5.37. The Kier molecular flexibility index (Phi) is 5.07. The largest absolute Gasteiger partial charge is 0.392 e. The normalized spacial score (nSPS) is 28.1. The maximum absolute atomic E-state index is 10.8. The average molecular weight is 301 g/mol. The van der Waals surface area contributed by atoms with E-state index in [0.717, 1.165) is 18.8 Å². The van der Waals surface area contributed by atoms with Crippen LogP contribution in [0.25, 0.3) is 0 Å². The molecule has 3 rings (SSSR count). The topological polar surface area (TPSA) is 23.5 Å². The SMILES string of the molecule is C=CN1C(CC(O)C2CCCCC2)=C(C2CC2)C=CC1CC. The molecule has 2 nitrogen and oxygen atoms in total. The summed E-state index contributed by atoms with van der Waals surface area (Å²) in [6.45, 7) is 6.27. The second-order valence-corrected chi connectivity index (χ2v) is 7.27. The molecule has 2 aliphatic carbocycles. The Morgan fingerprint density at radius 2 is 2.00 bits per heavy atom. The summed E-state index contributed by atoms with van der Waals surface area (Å²) in [6.07, 6.45) is 17.3. The zero-order valence-electron chi connectivity index (χ0n) is 14.0. The zero-order valence-corrected chi connectivity index (χ0v) is 14.0. The Labute approximate surface area is 135 Å². The molecule has 1 N–H and O–H groups in total. The summed E-state index contributed by atoms with van der Waals surface area (Å²) >= 11 is 0. The minimum atomic E-state index is -0.185. The van der Waals surface area contributed by atoms with Crippen LogP contribution in [-0.4, -0.2) is 22.2 Å². The monoisotopic (exact) mass is 301 g/mol. The molecule has 0 saturated heterocycles. The standard InChI is InChI=1S/C20H31NO/c1-3-17-12-13-18(15-10-11-15)19(21(17)4-2)14-20(22)16-8-6-5-7-9-16/h4,12-13,15-17,20,22H,2-3,5-11,14H2,1H3. The van der Waals surface area contributed by atoms with Crippen LogP contribution in [0.5, 0.6) is 0 Å². The van der Waals surface area contributed by atoms with E-state index in [2.05, 4.69) is 30.6 Å². The molecule has 1 aliphatic heterocycles. The van der Waals surface area contributed by atoms with Gasteiger partial charge >= 0.3 is 0 Å². The van der Waals surface area contributed by atoms with Crippen LogP contribution >= 0.6 is 0 Å². The lowest BCUT2D eigenvalue weighted by Crippen LogP contribution is -2.34. The molecule has 2 heteroatoms. The van der Waals surface area contributed by atoms with Crippen molar-refractivity contribution in [2.75, 3.05) is 0 Å². The fraction of sp³-hybridized carbons (Fsp3) is 0.700. The van der Waals surface area contributed by atoms with Gasteiger partial charge in [0.25, 0.3) is 0 Å². The molecule has 122 valence electrons. The van der Waals surface area contributed by atoms with Crippen molar-refractivity contribution >= 4 is 0 Å². The highest BCUT2D eigenvalue weighted by Gasteiger charge is 2.34. The first-order valence-corrected chi connectivity index (χ1v) is 9.24. The van der Waals surface area contributed by atoms with E-state index in [4.69, 9.17) is 0 Å². The number of rotatable bonds is 6. The molecule has 2 unspecified atom stereocenters. The highest BCUT2D eigenvalue weighted by Crippen LogP contribution is 2.43. The van der Waals surface area contributed by atoms with E-state index in [9.17, 15) is 5.11 Å². The van der Waals surface area contributed by atoms with E-state index in [0.29, 0.717) is 12.0 Å². The van der Waals surface area contributed by atoms with Gasteiger partial charge in [-0.1, -0.05) is 44.9 Å². The fourth-order valence-corrected chi connectivity index (χ4v) is 4.20. The molecule has 0 radical (unpaired) electrons. The van der Waals surface area contributed by atoms with Crippen LogP contribution in [0.2, 0.25) is 0 Å². The van der Waals surface area contributed by atoms with Crippen LogP contribution in [0.15, 0.2) is 36.2 Å². The van der Waals surface area contributed by atoms with Gasteiger partial charge in [-0.15, -0.1) is 0 Å². The lowest BCUT2D eigenvalue weighted by molar-refractivity contribution is 0.0783. The van der Waals surface area contributed by atoms with Crippen LogP contribution < -0.4 is 0 Å². The quantitative estimate of drug-likeness (QED) is 0.763. The number of aliphatic hydroxyl groups is 1. The number of hydrogen-bond acceptors (Lipinski definition) is 2. The molecule has 3 aliphatic rings. The Morgan fingerprint density at radius 1 is 1.27 bits per heavy atom. The van der Waals surface area contributed by atoms with Gasteiger partial charge in [-0.3, -0.25) is 0 Å². The summed E-state index contributed by atoms with van der Waals surface area (Å²) in [6, 6.07) is 0.411. The van der Waals surface area contributed by atoms with Gasteiger partial charge in [0.15, 0.2) is 0 Å². The van der Waals surface area contributed by atoms with Crippen LogP contribution in [0, 0.1) is 11.8 Å². The minimum Gasteiger partial charge on any atom is -0.392 e. The third-order valence-electron chi connectivity index (χ3n) is 5.73. The molecule has 22 heavy (non-hydrogen) atoms. The van der Waals surface area contributed by atoms with Crippen molar-refractivity contribution in [3.8, 4) is 0 Å². The molecular formula is C20H31NO. The van der Waals surface area contributed by atoms with E-state index >= 15 is 0 Å². The lowest BCUT2D eigenvalue weighted by Gasteiger charge is -2.37. The smallest absolute Gasteiger partial charge is 0.0623 e. The predicted molar refractivity (Wildman–Crippen MR) is 92.2 cm³/mol. The van der Waals surface area contributed by atoms with Crippen LogP contribution in [0.3, 0.4) is 0 Å². The molecule has 0 aromatic carbocycles. The van der Waals surface area contributed by atoms with Gasteiger partial charge in [-0.25, -0.2) is 0 Å². The average Bonchev–Trinajstić information content (AvgIpc) is 3.40. The van der Waals surface area contributed by atoms with Gasteiger partial charge in [0.1, 0.15) is 0 Å². The van der Waals surface area contributed by atoms with Gasteiger partial charge in [0, 0.05) is 12.1 Å². The summed E-state index contributed by atoms with van der Waals surface area (Å²) in [5.41, 5.74) is 2.82. The summed E-state index contributed by atoms with van der Waals surface area (Å²) in [7, 11) is 0. The van der Waals surface area contributed by atoms with Crippen molar-refractivity contribution < 1.29 is 5.11 Å². The summed E-state index contributed by atoms with van der Waals surface area (Å²) in [4.78, 5) is 2.33. The van der Waals surface area contributed by atoms with Crippen molar-refractivity contribution in [1.82, 2.24) is 4.90 Å². The predicted octanol–water partition coefficient (Wildman–Crippen LogP) is 4.78. The first kappa shape index (κ1) is 15.9. The van der Waals surface area contributed by atoms with Crippen molar-refractivity contribution in [2.45, 2.75) is 76.9 Å². The van der Waals surface area contributed by atoms with Gasteiger partial charge in [-0.2, -0.15) is 0 Å². The maximum Gasteiger partial charge on any atom is 0.0623 e. The van der Waals surface area contributed by atoms with E-state index in [1.165, 1.54) is 56.2 Å². The summed E-state index contributed by atoms with van der Waals surface area (Å²) in [5.74, 6) is 1.23. The van der Waals surface area contributed by atoms with Crippen LogP contribution in [0.1, 0.15) is 64.7 Å². The summed E-state index contributed by atoms with van der Waals surface area (Å²) in [5, 5.41) is 10.8. The van der Waals surface area contributed by atoms with Crippen molar-refractivity contribution in [2.24, 2.45) is 11.8 Å². The zero-order chi connectivity index (χ0) is 15.5. The Morgan fingerprint density at radius 3 is 2.59 bits per heavy atom. The molecule has 0 aromatic rings. The Hall–Kier alpha value is -1.02. The lowest BCUT2D eigenvalue weighted by atomic mass is 9.82. The number of nitrogens with zero attached hydrogens (tertiary/aromatic N) is 1. The molecule has 0 spiro atoms. The first-order chi connectivity index (χ1) is 10.7. The van der Waals surface area contributed by atoms with E-state index < -0.39 is 0 Å². The van der Waals surface area contributed by atoms with E-state index in [-0.39, 0.29) is 6.10 Å².